The maximum atomic E-state index is 13.0. The van der Waals surface area contributed by atoms with E-state index >= 15 is 0 Å². The van der Waals surface area contributed by atoms with Gasteiger partial charge >= 0.3 is 11.9 Å². The fourth-order valence-corrected chi connectivity index (χ4v) is 2.97. The Kier molecular flexibility index (Phi) is 15.4. The molecule has 1 atom stereocenters. The van der Waals surface area contributed by atoms with E-state index in [-0.39, 0.29) is 18.5 Å². The van der Waals surface area contributed by atoms with Crippen molar-refractivity contribution < 1.29 is 33.8 Å². The smallest absolute Gasteiger partial charge is 0.330 e. The van der Waals surface area contributed by atoms with E-state index in [4.69, 9.17) is 5.11 Å². The molecule has 0 bridgehead atoms. The lowest BCUT2D eigenvalue weighted by Crippen LogP contribution is -2.44. The van der Waals surface area contributed by atoms with Crippen LogP contribution in [0.3, 0.4) is 0 Å². The van der Waals surface area contributed by atoms with Crippen molar-refractivity contribution in [2.45, 2.75) is 52.1 Å². The molecule has 0 fully saturated rings. The van der Waals surface area contributed by atoms with Crippen molar-refractivity contribution in [3.8, 4) is 0 Å². The quantitative estimate of drug-likeness (QED) is 0.214. The lowest BCUT2D eigenvalue weighted by molar-refractivity contribution is -0.138. The molecule has 0 saturated heterocycles. The number of anilines is 1. The van der Waals surface area contributed by atoms with Crippen LogP contribution in [0.5, 0.6) is 0 Å². The van der Waals surface area contributed by atoms with E-state index in [2.05, 4.69) is 34.5 Å². The molecular formula is C28H36N4O8. The predicted octanol–water partition coefficient (Wildman–Crippen LogP) is 2.10. The highest BCUT2D eigenvalue weighted by molar-refractivity contribution is 6.01. The molecule has 0 unspecified atom stereocenters. The first-order valence-electron chi connectivity index (χ1n) is 12.7. The van der Waals surface area contributed by atoms with Crippen molar-refractivity contribution in [2.75, 3.05) is 19.0 Å². The van der Waals surface area contributed by atoms with Gasteiger partial charge in [-0.05, 0) is 37.1 Å². The van der Waals surface area contributed by atoms with Gasteiger partial charge in [-0.1, -0.05) is 51.0 Å². The minimum atomic E-state index is -1.23. The Labute approximate surface area is 232 Å². The van der Waals surface area contributed by atoms with Gasteiger partial charge in [-0.2, -0.15) is 0 Å². The normalized spacial score (nSPS) is 11.0. The molecule has 2 rings (SSSR count). The number of aliphatic carboxylic acids is 1. The molecule has 1 aromatic carbocycles. The van der Waals surface area contributed by atoms with Gasteiger partial charge < -0.3 is 30.4 Å². The van der Waals surface area contributed by atoms with Gasteiger partial charge in [0.1, 0.15) is 24.8 Å². The first-order valence-corrected chi connectivity index (χ1v) is 12.7. The van der Waals surface area contributed by atoms with Crippen LogP contribution in [-0.2, 0) is 30.5 Å². The molecule has 216 valence electrons. The Morgan fingerprint density at radius 1 is 1.02 bits per heavy atom. The lowest BCUT2D eigenvalue weighted by Gasteiger charge is -2.18. The molecule has 1 aromatic heterocycles. The number of nitrogens with one attached hydrogen (secondary N) is 3. The number of carbonyl (C=O) groups excluding carboxylic acids is 4. The number of carbonyl (C=O) groups is 5. The third kappa shape index (κ3) is 12.7. The molecule has 0 aliphatic heterocycles. The molecule has 3 amide bonds. The van der Waals surface area contributed by atoms with Gasteiger partial charge in [-0.25, -0.2) is 4.79 Å². The van der Waals surface area contributed by atoms with Crippen molar-refractivity contribution in [1.82, 2.24) is 15.2 Å². The van der Waals surface area contributed by atoms with Crippen LogP contribution in [0.1, 0.15) is 49.9 Å². The summed E-state index contributed by atoms with van der Waals surface area (Å²) in [5.41, 5.74) is -0.512. The highest BCUT2D eigenvalue weighted by Gasteiger charge is 2.22. The van der Waals surface area contributed by atoms with Gasteiger partial charge in [0.2, 0.25) is 11.8 Å². The van der Waals surface area contributed by atoms with Gasteiger partial charge in [0.25, 0.3) is 11.5 Å². The number of nitrogens with zero attached hydrogens (tertiary/aromatic N) is 1. The van der Waals surface area contributed by atoms with Crippen molar-refractivity contribution >= 4 is 35.3 Å². The SMILES string of the molecule is CCCC.COC(=O)/C=C/CC[C@H](NC(=O)c1ccccc1)C(=O)Nc1cccn(CC(=O)NCC(=O)O)c1=O. The summed E-state index contributed by atoms with van der Waals surface area (Å²) in [4.78, 5) is 72.0. The van der Waals surface area contributed by atoms with Gasteiger partial charge in [0, 0.05) is 17.8 Å². The predicted molar refractivity (Wildman–Crippen MR) is 149 cm³/mol. The highest BCUT2D eigenvalue weighted by atomic mass is 16.5. The number of rotatable bonds is 13. The molecule has 0 radical (unpaired) electrons. The summed E-state index contributed by atoms with van der Waals surface area (Å²) in [6.45, 7) is 3.31. The zero-order valence-corrected chi connectivity index (χ0v) is 22.8. The van der Waals surface area contributed by atoms with Crippen molar-refractivity contribution in [3.63, 3.8) is 0 Å². The molecule has 0 spiro atoms. The second-order valence-corrected chi connectivity index (χ2v) is 8.41. The molecular weight excluding hydrogens is 520 g/mol. The van der Waals surface area contributed by atoms with Crippen molar-refractivity contribution in [1.29, 1.82) is 0 Å². The minimum absolute atomic E-state index is 0.108. The number of hydrogen-bond acceptors (Lipinski definition) is 7. The molecule has 12 nitrogen and oxygen atoms in total. The zero-order chi connectivity index (χ0) is 29.9. The van der Waals surface area contributed by atoms with Gasteiger partial charge in [0.05, 0.1) is 7.11 Å². The molecule has 2 aromatic rings. The van der Waals surface area contributed by atoms with Gasteiger partial charge in [-0.15, -0.1) is 0 Å². The van der Waals surface area contributed by atoms with Crippen LogP contribution in [0, 0.1) is 0 Å². The molecule has 12 heteroatoms. The molecule has 0 aliphatic carbocycles. The monoisotopic (exact) mass is 556 g/mol. The number of benzene rings is 1. The van der Waals surface area contributed by atoms with Crippen LogP contribution in [0.2, 0.25) is 0 Å². The van der Waals surface area contributed by atoms with Crippen LogP contribution >= 0.6 is 0 Å². The number of methoxy groups -OCH3 is 1. The average Bonchev–Trinajstić information content (AvgIpc) is 2.95. The first kappa shape index (κ1) is 33.3. The Morgan fingerprint density at radius 2 is 1.70 bits per heavy atom. The number of esters is 1. The number of allylic oxidation sites excluding steroid dienone is 1. The maximum Gasteiger partial charge on any atom is 0.330 e. The van der Waals surface area contributed by atoms with Crippen LogP contribution in [-0.4, -0.2) is 59.0 Å². The summed E-state index contributed by atoms with van der Waals surface area (Å²) in [5.74, 6) is -3.69. The maximum absolute atomic E-state index is 13.0. The van der Waals surface area contributed by atoms with Gasteiger partial charge in [-0.3, -0.25) is 24.0 Å². The van der Waals surface area contributed by atoms with Crippen LogP contribution in [0.4, 0.5) is 5.69 Å². The number of aromatic nitrogens is 1. The zero-order valence-electron chi connectivity index (χ0n) is 22.8. The summed E-state index contributed by atoms with van der Waals surface area (Å²) in [7, 11) is 1.23. The Hall–Kier alpha value is -4.74. The van der Waals surface area contributed by atoms with Crippen LogP contribution in [0.25, 0.3) is 0 Å². The molecule has 1 heterocycles. The largest absolute Gasteiger partial charge is 0.480 e. The third-order valence-corrected chi connectivity index (χ3v) is 5.26. The van der Waals surface area contributed by atoms with E-state index in [1.807, 2.05) is 0 Å². The number of unbranched alkanes of at least 4 members (excludes halogenated alkanes) is 1. The second-order valence-electron chi connectivity index (χ2n) is 8.41. The number of carboxylic acids is 1. The minimum Gasteiger partial charge on any atom is -0.480 e. The van der Waals surface area contributed by atoms with E-state index in [1.165, 1.54) is 50.4 Å². The van der Waals surface area contributed by atoms with E-state index < -0.39 is 54.4 Å². The summed E-state index contributed by atoms with van der Waals surface area (Å²) >= 11 is 0. The molecule has 0 aliphatic rings. The fraction of sp³-hybridized carbons (Fsp3) is 0.357. The van der Waals surface area contributed by atoms with E-state index in [0.29, 0.717) is 5.56 Å². The number of ether oxygens (including phenoxy) is 1. The van der Waals surface area contributed by atoms with E-state index in [0.717, 1.165) is 4.57 Å². The average molecular weight is 557 g/mol. The summed E-state index contributed by atoms with van der Waals surface area (Å²) in [5, 5.41) is 15.9. The van der Waals surface area contributed by atoms with Crippen molar-refractivity contribution in [2.24, 2.45) is 0 Å². The lowest BCUT2D eigenvalue weighted by atomic mass is 10.1. The van der Waals surface area contributed by atoms with Crippen LogP contribution in [0.15, 0.2) is 65.6 Å². The number of pyridine rings is 1. The Balaban J connectivity index is 0.00000187. The summed E-state index contributed by atoms with van der Waals surface area (Å²) in [6, 6.07) is 9.92. The van der Waals surface area contributed by atoms with Gasteiger partial charge in [0.15, 0.2) is 0 Å². The Morgan fingerprint density at radius 3 is 2.30 bits per heavy atom. The fourth-order valence-electron chi connectivity index (χ4n) is 2.97. The standard InChI is InChI=1S/C24H26N4O8.C4H10/c1-36-21(32)12-6-5-10-17(26-22(33)16-8-3-2-4-9-16)23(34)27-18-11-7-13-28(24(18)35)15-19(29)25-14-20(30)31;1-3-4-2/h2-4,6-9,11-13,17H,5,10,14-15H2,1H3,(H,25,29)(H,26,33)(H,27,34)(H,30,31);3-4H2,1-2H3/b12-6+;/t17-;/m0./s1. The first-order chi connectivity index (χ1) is 19.1. The molecule has 0 saturated carbocycles. The van der Waals surface area contributed by atoms with Crippen LogP contribution < -0.4 is 21.5 Å². The highest BCUT2D eigenvalue weighted by Crippen LogP contribution is 2.07. The van der Waals surface area contributed by atoms with Crippen molar-refractivity contribution in [3.05, 3.63) is 76.7 Å². The van der Waals surface area contributed by atoms with E-state index in [9.17, 15) is 28.8 Å². The van der Waals surface area contributed by atoms with E-state index in [1.54, 1.807) is 30.3 Å². The number of hydrogen-bond donors (Lipinski definition) is 4. The summed E-state index contributed by atoms with van der Waals surface area (Å²) in [6.07, 6.45) is 6.98. The second kappa shape index (κ2) is 18.5. The summed E-state index contributed by atoms with van der Waals surface area (Å²) < 4.78 is 5.52. The molecule has 4 N–H and O–H groups in total. The number of carboxylic acid groups (broad SMARTS) is 1. The topological polar surface area (TPSA) is 173 Å². The molecule has 40 heavy (non-hydrogen) atoms. The Bertz CT molecular complexity index is 1220. The number of amides is 3. The third-order valence-electron chi connectivity index (χ3n) is 5.26.